The van der Waals surface area contributed by atoms with Gasteiger partial charge in [0, 0.05) is 23.7 Å². The molecule has 0 bridgehead atoms. The molecule has 31 heavy (non-hydrogen) atoms. The molecule has 0 spiro atoms. The van der Waals surface area contributed by atoms with Crippen LogP contribution in [0.3, 0.4) is 0 Å². The maximum atomic E-state index is 13.2. The summed E-state index contributed by atoms with van der Waals surface area (Å²) in [5.41, 5.74) is 4.54. The van der Waals surface area contributed by atoms with Gasteiger partial charge in [-0.2, -0.15) is 4.98 Å². The molecule has 1 aromatic heterocycles. The second-order valence-electron chi connectivity index (χ2n) is 8.60. The van der Waals surface area contributed by atoms with Crippen molar-refractivity contribution >= 4 is 11.6 Å². The van der Waals surface area contributed by atoms with Crippen LogP contribution in [0, 0.1) is 12.8 Å². The third kappa shape index (κ3) is 4.12. The van der Waals surface area contributed by atoms with E-state index in [0.29, 0.717) is 18.3 Å². The van der Waals surface area contributed by atoms with Crippen LogP contribution in [0.2, 0.25) is 0 Å². The van der Waals surface area contributed by atoms with Crippen molar-refractivity contribution in [1.82, 2.24) is 15.0 Å². The molecule has 0 saturated carbocycles. The number of carbonyl (C=O) groups excluding carboxylic acids is 1. The molecule has 0 aliphatic carbocycles. The summed E-state index contributed by atoms with van der Waals surface area (Å²) in [6.45, 7) is 5.25. The van der Waals surface area contributed by atoms with E-state index < -0.39 is 0 Å². The van der Waals surface area contributed by atoms with Gasteiger partial charge in [-0.25, -0.2) is 0 Å². The van der Waals surface area contributed by atoms with E-state index in [1.54, 1.807) is 0 Å². The Bertz CT molecular complexity index is 1070. The van der Waals surface area contributed by atoms with Gasteiger partial charge >= 0.3 is 0 Å². The van der Waals surface area contributed by atoms with E-state index in [9.17, 15) is 4.79 Å². The Morgan fingerprint density at radius 3 is 2.68 bits per heavy atom. The van der Waals surface area contributed by atoms with Crippen LogP contribution < -0.4 is 4.90 Å². The van der Waals surface area contributed by atoms with Crippen LogP contribution in [0.15, 0.2) is 53.1 Å². The largest absolute Gasteiger partial charge is 0.338 e. The van der Waals surface area contributed by atoms with E-state index in [4.69, 9.17) is 4.52 Å². The highest BCUT2D eigenvalue weighted by Gasteiger charge is 2.31. The zero-order chi connectivity index (χ0) is 21.2. The van der Waals surface area contributed by atoms with Gasteiger partial charge in [0.05, 0.1) is 6.54 Å². The second-order valence-corrected chi connectivity index (χ2v) is 8.60. The molecule has 1 fully saturated rings. The Balaban J connectivity index is 1.19. The number of piperidine rings is 1. The molecule has 2 aromatic carbocycles. The molecule has 0 atom stereocenters. The number of hydrogen-bond acceptors (Lipinski definition) is 5. The zero-order valence-electron chi connectivity index (χ0n) is 18.0. The van der Waals surface area contributed by atoms with Gasteiger partial charge in [-0.1, -0.05) is 47.6 Å². The fourth-order valence-electron chi connectivity index (χ4n) is 4.76. The number of fused-ring (bicyclic) bond motifs is 1. The van der Waals surface area contributed by atoms with E-state index in [1.165, 1.54) is 5.56 Å². The molecular weight excluding hydrogens is 388 g/mol. The average molecular weight is 417 g/mol. The second kappa shape index (κ2) is 8.63. The van der Waals surface area contributed by atoms with Gasteiger partial charge in [0.1, 0.15) is 0 Å². The molecule has 0 unspecified atom stereocenters. The topological polar surface area (TPSA) is 62.5 Å². The summed E-state index contributed by atoms with van der Waals surface area (Å²) in [4.78, 5) is 22.2. The SMILES string of the molecule is Cc1ccccc1-c1noc(CN2CCC(C(=O)N3CCCc4ccccc43)CC2)n1. The van der Waals surface area contributed by atoms with Gasteiger partial charge in [-0.3, -0.25) is 9.69 Å². The first-order valence-corrected chi connectivity index (χ1v) is 11.2. The quantitative estimate of drug-likeness (QED) is 0.637. The number of aryl methyl sites for hydroxylation is 2. The predicted molar refractivity (Wildman–Crippen MR) is 120 cm³/mol. The van der Waals surface area contributed by atoms with Gasteiger partial charge in [0.25, 0.3) is 0 Å². The molecule has 160 valence electrons. The zero-order valence-corrected chi connectivity index (χ0v) is 18.0. The summed E-state index contributed by atoms with van der Waals surface area (Å²) in [5, 5.41) is 4.16. The van der Waals surface area contributed by atoms with E-state index >= 15 is 0 Å². The Hall–Kier alpha value is -2.99. The number of rotatable bonds is 4. The number of anilines is 1. The number of hydrogen-bond donors (Lipinski definition) is 0. The van der Waals surface area contributed by atoms with Crippen molar-refractivity contribution < 1.29 is 9.32 Å². The van der Waals surface area contributed by atoms with Crippen molar-refractivity contribution in [3.05, 3.63) is 65.5 Å². The first-order chi connectivity index (χ1) is 15.2. The maximum absolute atomic E-state index is 13.2. The standard InChI is InChI=1S/C25H28N4O2/c1-18-7-2-4-10-21(18)24-26-23(31-27-24)17-28-15-12-20(13-16-28)25(30)29-14-6-9-19-8-3-5-11-22(19)29/h2-5,7-8,10-11,20H,6,9,12-17H2,1H3. The number of nitrogens with zero attached hydrogens (tertiary/aromatic N) is 4. The van der Waals surface area contributed by atoms with Crippen molar-refractivity contribution in [2.45, 2.75) is 39.2 Å². The molecular formula is C25H28N4O2. The van der Waals surface area contributed by atoms with Gasteiger partial charge in [-0.15, -0.1) is 0 Å². The number of para-hydroxylation sites is 1. The first kappa shape index (κ1) is 19.9. The monoisotopic (exact) mass is 416 g/mol. The molecule has 1 amide bonds. The molecule has 2 aliphatic rings. The summed E-state index contributed by atoms with van der Waals surface area (Å²) in [5.74, 6) is 1.65. The lowest BCUT2D eigenvalue weighted by Crippen LogP contribution is -2.44. The highest BCUT2D eigenvalue weighted by Crippen LogP contribution is 2.30. The molecule has 6 heteroatoms. The van der Waals surface area contributed by atoms with Crippen LogP contribution in [0.5, 0.6) is 0 Å². The van der Waals surface area contributed by atoms with Gasteiger partial charge < -0.3 is 9.42 Å². The summed E-state index contributed by atoms with van der Waals surface area (Å²) >= 11 is 0. The number of aromatic nitrogens is 2. The summed E-state index contributed by atoms with van der Waals surface area (Å²) in [6, 6.07) is 16.4. The highest BCUT2D eigenvalue weighted by atomic mass is 16.5. The molecule has 3 aromatic rings. The number of benzene rings is 2. The third-order valence-electron chi connectivity index (χ3n) is 6.53. The van der Waals surface area contributed by atoms with E-state index in [0.717, 1.165) is 62.1 Å². The van der Waals surface area contributed by atoms with Crippen molar-refractivity contribution in [1.29, 1.82) is 0 Å². The lowest BCUT2D eigenvalue weighted by Gasteiger charge is -2.36. The minimum Gasteiger partial charge on any atom is -0.338 e. The van der Waals surface area contributed by atoms with Gasteiger partial charge in [0.2, 0.25) is 17.6 Å². The molecule has 6 nitrogen and oxygen atoms in total. The average Bonchev–Trinajstić information content (AvgIpc) is 3.27. The predicted octanol–water partition coefficient (Wildman–Crippen LogP) is 4.24. The van der Waals surface area contributed by atoms with Crippen molar-refractivity contribution in [3.8, 4) is 11.4 Å². The molecule has 3 heterocycles. The number of carbonyl (C=O) groups is 1. The van der Waals surface area contributed by atoms with E-state index in [1.807, 2.05) is 42.2 Å². The Labute approximate surface area is 182 Å². The first-order valence-electron chi connectivity index (χ1n) is 11.2. The van der Waals surface area contributed by atoms with Crippen molar-refractivity contribution in [2.24, 2.45) is 5.92 Å². The summed E-state index contributed by atoms with van der Waals surface area (Å²) < 4.78 is 5.51. The Kier molecular flexibility index (Phi) is 5.55. The van der Waals surface area contributed by atoms with Crippen molar-refractivity contribution in [2.75, 3.05) is 24.5 Å². The minimum atomic E-state index is 0.0904. The Morgan fingerprint density at radius 1 is 1.06 bits per heavy atom. The van der Waals surface area contributed by atoms with Crippen LogP contribution >= 0.6 is 0 Å². The summed E-state index contributed by atoms with van der Waals surface area (Å²) in [6.07, 6.45) is 3.85. The normalized spacial score (nSPS) is 17.5. The fourth-order valence-corrected chi connectivity index (χ4v) is 4.76. The molecule has 1 saturated heterocycles. The molecule has 2 aliphatic heterocycles. The summed E-state index contributed by atoms with van der Waals surface area (Å²) in [7, 11) is 0. The Morgan fingerprint density at radius 2 is 1.84 bits per heavy atom. The van der Waals surface area contributed by atoms with Gasteiger partial charge in [-0.05, 0) is 62.9 Å². The van der Waals surface area contributed by atoms with Crippen molar-refractivity contribution in [3.63, 3.8) is 0 Å². The van der Waals surface area contributed by atoms with E-state index in [2.05, 4.69) is 33.2 Å². The minimum absolute atomic E-state index is 0.0904. The lowest BCUT2D eigenvalue weighted by atomic mass is 9.93. The molecule has 5 rings (SSSR count). The third-order valence-corrected chi connectivity index (χ3v) is 6.53. The highest BCUT2D eigenvalue weighted by molar-refractivity contribution is 5.96. The molecule has 0 N–H and O–H groups in total. The number of likely N-dealkylation sites (tertiary alicyclic amines) is 1. The van der Waals surface area contributed by atoms with Crippen LogP contribution in [0.25, 0.3) is 11.4 Å². The number of amides is 1. The lowest BCUT2D eigenvalue weighted by molar-refractivity contribution is -0.124. The van der Waals surface area contributed by atoms with Crippen LogP contribution in [0.1, 0.15) is 36.3 Å². The van der Waals surface area contributed by atoms with Crippen LogP contribution in [0.4, 0.5) is 5.69 Å². The van der Waals surface area contributed by atoms with Crippen LogP contribution in [-0.2, 0) is 17.8 Å². The van der Waals surface area contributed by atoms with Crippen LogP contribution in [-0.4, -0.2) is 40.6 Å². The van der Waals surface area contributed by atoms with Gasteiger partial charge in [0.15, 0.2) is 0 Å². The molecule has 0 radical (unpaired) electrons. The smallest absolute Gasteiger partial charge is 0.241 e. The van der Waals surface area contributed by atoms with E-state index in [-0.39, 0.29) is 11.8 Å². The maximum Gasteiger partial charge on any atom is 0.241 e. The fraction of sp³-hybridized carbons (Fsp3) is 0.400.